The Morgan fingerprint density at radius 1 is 1.54 bits per heavy atom. The standard InChI is InChI=1S/C9H5N3O/c10-4-6-2-1-3-7-9(6)12-8(5-13)11-7/h1-3,5H,(H,11,12). The van der Waals surface area contributed by atoms with Gasteiger partial charge in [0.25, 0.3) is 0 Å². The first-order valence-corrected chi connectivity index (χ1v) is 3.69. The molecular formula is C9H5N3O. The predicted octanol–water partition coefficient (Wildman–Crippen LogP) is 1.25. The molecule has 0 aliphatic rings. The van der Waals surface area contributed by atoms with Crippen molar-refractivity contribution in [2.75, 3.05) is 0 Å². The van der Waals surface area contributed by atoms with Crippen LogP contribution in [0.25, 0.3) is 11.0 Å². The molecule has 0 atom stereocenters. The molecule has 1 heterocycles. The van der Waals surface area contributed by atoms with Crippen molar-refractivity contribution in [1.82, 2.24) is 9.97 Å². The van der Waals surface area contributed by atoms with Crippen LogP contribution in [0.5, 0.6) is 0 Å². The first-order valence-electron chi connectivity index (χ1n) is 3.69. The van der Waals surface area contributed by atoms with Crippen LogP contribution in [-0.2, 0) is 0 Å². The first kappa shape index (κ1) is 7.50. The average molecular weight is 171 g/mol. The summed E-state index contributed by atoms with van der Waals surface area (Å²) in [5, 5.41) is 8.73. The number of carbonyl (C=O) groups excluding carboxylic acids is 1. The summed E-state index contributed by atoms with van der Waals surface area (Å²) in [6, 6.07) is 7.19. The van der Waals surface area contributed by atoms with E-state index in [1.165, 1.54) is 0 Å². The third-order valence-electron chi connectivity index (χ3n) is 1.76. The van der Waals surface area contributed by atoms with Crippen molar-refractivity contribution < 1.29 is 4.79 Å². The maximum absolute atomic E-state index is 10.4. The quantitative estimate of drug-likeness (QED) is 0.656. The van der Waals surface area contributed by atoms with E-state index in [-0.39, 0.29) is 5.82 Å². The predicted molar refractivity (Wildman–Crippen MR) is 46.2 cm³/mol. The number of aldehydes is 1. The highest BCUT2D eigenvalue weighted by molar-refractivity contribution is 5.85. The van der Waals surface area contributed by atoms with Crippen LogP contribution < -0.4 is 0 Å². The van der Waals surface area contributed by atoms with Gasteiger partial charge in [-0.3, -0.25) is 4.79 Å². The van der Waals surface area contributed by atoms with Crippen LogP contribution in [0.1, 0.15) is 16.2 Å². The lowest BCUT2D eigenvalue weighted by atomic mass is 10.2. The van der Waals surface area contributed by atoms with Crippen LogP contribution in [0.3, 0.4) is 0 Å². The molecule has 2 aromatic rings. The summed E-state index contributed by atoms with van der Waals surface area (Å²) in [6.45, 7) is 0. The molecule has 4 heteroatoms. The molecule has 2 rings (SSSR count). The van der Waals surface area contributed by atoms with E-state index in [9.17, 15) is 4.79 Å². The van der Waals surface area contributed by atoms with E-state index >= 15 is 0 Å². The molecule has 0 spiro atoms. The van der Waals surface area contributed by atoms with Crippen LogP contribution in [0.15, 0.2) is 18.2 Å². The molecule has 4 nitrogen and oxygen atoms in total. The average Bonchev–Trinajstić information content (AvgIpc) is 2.59. The molecule has 0 bridgehead atoms. The van der Waals surface area contributed by atoms with Crippen molar-refractivity contribution in [1.29, 1.82) is 5.26 Å². The lowest BCUT2D eigenvalue weighted by Gasteiger charge is -1.87. The number of H-pyrrole nitrogens is 1. The Morgan fingerprint density at radius 3 is 3.08 bits per heavy atom. The third kappa shape index (κ3) is 1.07. The van der Waals surface area contributed by atoms with Gasteiger partial charge in [0.2, 0.25) is 0 Å². The Kier molecular flexibility index (Phi) is 1.57. The van der Waals surface area contributed by atoms with Gasteiger partial charge in [0.15, 0.2) is 12.1 Å². The number of carbonyl (C=O) groups is 1. The molecule has 0 radical (unpaired) electrons. The van der Waals surface area contributed by atoms with E-state index in [1.54, 1.807) is 18.2 Å². The Hall–Kier alpha value is -2.15. The number of aromatic nitrogens is 2. The Morgan fingerprint density at radius 2 is 2.38 bits per heavy atom. The lowest BCUT2D eigenvalue weighted by molar-refractivity contribution is 0.111. The van der Waals surface area contributed by atoms with E-state index in [4.69, 9.17) is 5.26 Å². The van der Waals surface area contributed by atoms with Crippen LogP contribution in [0.4, 0.5) is 0 Å². The van der Waals surface area contributed by atoms with Gasteiger partial charge in [-0.2, -0.15) is 5.26 Å². The van der Waals surface area contributed by atoms with Crippen molar-refractivity contribution in [3.63, 3.8) is 0 Å². The fourth-order valence-corrected chi connectivity index (χ4v) is 1.20. The topological polar surface area (TPSA) is 69.5 Å². The van der Waals surface area contributed by atoms with Crippen molar-refractivity contribution in [2.24, 2.45) is 0 Å². The van der Waals surface area contributed by atoms with Crippen LogP contribution in [-0.4, -0.2) is 16.3 Å². The molecule has 1 N–H and O–H groups in total. The number of nitrogens with zero attached hydrogens (tertiary/aromatic N) is 2. The summed E-state index contributed by atoms with van der Waals surface area (Å²) in [7, 11) is 0. The normalized spacial score (nSPS) is 9.77. The molecule has 0 saturated heterocycles. The highest BCUT2D eigenvalue weighted by Gasteiger charge is 2.04. The van der Waals surface area contributed by atoms with Crippen LogP contribution in [0, 0.1) is 11.3 Å². The molecular weight excluding hydrogens is 166 g/mol. The number of aromatic amines is 1. The summed E-state index contributed by atoms with van der Waals surface area (Å²) in [6.07, 6.45) is 0.626. The van der Waals surface area contributed by atoms with Gasteiger partial charge in [-0.25, -0.2) is 4.98 Å². The van der Waals surface area contributed by atoms with Crippen molar-refractivity contribution in [3.8, 4) is 6.07 Å². The molecule has 0 unspecified atom stereocenters. The minimum absolute atomic E-state index is 0.248. The molecule has 1 aromatic heterocycles. The zero-order valence-electron chi connectivity index (χ0n) is 6.61. The van der Waals surface area contributed by atoms with E-state index in [0.29, 0.717) is 22.9 Å². The van der Waals surface area contributed by atoms with Gasteiger partial charge in [0.05, 0.1) is 11.1 Å². The zero-order chi connectivity index (χ0) is 9.26. The van der Waals surface area contributed by atoms with Gasteiger partial charge in [-0.1, -0.05) is 6.07 Å². The second-order valence-electron chi connectivity index (χ2n) is 2.55. The fourth-order valence-electron chi connectivity index (χ4n) is 1.20. The van der Waals surface area contributed by atoms with E-state index in [1.807, 2.05) is 6.07 Å². The van der Waals surface area contributed by atoms with Gasteiger partial charge in [-0.15, -0.1) is 0 Å². The SMILES string of the molecule is N#Cc1cccc2[nH]c(C=O)nc12. The number of nitriles is 1. The fraction of sp³-hybridized carbons (Fsp3) is 0. The summed E-state index contributed by atoms with van der Waals surface area (Å²) in [4.78, 5) is 17.1. The minimum Gasteiger partial charge on any atom is -0.336 e. The van der Waals surface area contributed by atoms with Crippen molar-refractivity contribution in [2.45, 2.75) is 0 Å². The van der Waals surface area contributed by atoms with Crippen LogP contribution >= 0.6 is 0 Å². The number of imidazole rings is 1. The van der Waals surface area contributed by atoms with Gasteiger partial charge in [0.1, 0.15) is 11.6 Å². The summed E-state index contributed by atoms with van der Waals surface area (Å²) in [5.74, 6) is 0.248. The van der Waals surface area contributed by atoms with Crippen molar-refractivity contribution in [3.05, 3.63) is 29.6 Å². The zero-order valence-corrected chi connectivity index (χ0v) is 6.61. The first-order chi connectivity index (χ1) is 6.35. The molecule has 1 aromatic carbocycles. The molecule has 0 aliphatic carbocycles. The lowest BCUT2D eigenvalue weighted by Crippen LogP contribution is -1.80. The smallest absolute Gasteiger partial charge is 0.185 e. The molecule has 0 aliphatic heterocycles. The van der Waals surface area contributed by atoms with Crippen LogP contribution in [0.2, 0.25) is 0 Å². The highest BCUT2D eigenvalue weighted by Crippen LogP contribution is 2.14. The third-order valence-corrected chi connectivity index (χ3v) is 1.76. The minimum atomic E-state index is 0.248. The second kappa shape index (κ2) is 2.72. The summed E-state index contributed by atoms with van der Waals surface area (Å²) in [5.41, 5.74) is 1.73. The second-order valence-corrected chi connectivity index (χ2v) is 2.55. The Balaban J connectivity index is 2.83. The monoisotopic (exact) mass is 171 g/mol. The number of nitrogens with one attached hydrogen (secondary N) is 1. The molecule has 13 heavy (non-hydrogen) atoms. The molecule has 0 fully saturated rings. The molecule has 0 amide bonds. The number of hydrogen-bond acceptors (Lipinski definition) is 3. The maximum atomic E-state index is 10.4. The number of benzene rings is 1. The van der Waals surface area contributed by atoms with Gasteiger partial charge >= 0.3 is 0 Å². The summed E-state index contributed by atoms with van der Waals surface area (Å²) >= 11 is 0. The maximum Gasteiger partial charge on any atom is 0.185 e. The van der Waals surface area contributed by atoms with E-state index in [0.717, 1.165) is 0 Å². The van der Waals surface area contributed by atoms with Gasteiger partial charge in [0, 0.05) is 0 Å². The van der Waals surface area contributed by atoms with E-state index < -0.39 is 0 Å². The Bertz CT molecular complexity index is 507. The van der Waals surface area contributed by atoms with E-state index in [2.05, 4.69) is 9.97 Å². The number of hydrogen-bond donors (Lipinski definition) is 1. The number of para-hydroxylation sites is 1. The van der Waals surface area contributed by atoms with Gasteiger partial charge < -0.3 is 4.98 Å². The number of fused-ring (bicyclic) bond motifs is 1. The molecule has 0 saturated carbocycles. The highest BCUT2D eigenvalue weighted by atomic mass is 16.1. The number of rotatable bonds is 1. The largest absolute Gasteiger partial charge is 0.336 e. The molecule has 62 valence electrons. The summed E-state index contributed by atoms with van der Waals surface area (Å²) < 4.78 is 0. The Labute approximate surface area is 73.8 Å². The van der Waals surface area contributed by atoms with Gasteiger partial charge in [-0.05, 0) is 12.1 Å². The van der Waals surface area contributed by atoms with Crippen molar-refractivity contribution >= 4 is 17.3 Å².